The molecule has 0 aliphatic heterocycles. The number of hydrogen-bond acceptors (Lipinski definition) is 0. The lowest BCUT2D eigenvalue weighted by molar-refractivity contribution is 0.620. The van der Waals surface area contributed by atoms with Crippen molar-refractivity contribution >= 4 is 0 Å². The van der Waals surface area contributed by atoms with Crippen LogP contribution in [0, 0.1) is 5.82 Å². The average Bonchev–Trinajstić information content (AvgIpc) is 2.03. The summed E-state index contributed by atoms with van der Waals surface area (Å²) in [5.41, 5.74) is 2.39. The quantitative estimate of drug-likeness (QED) is 0.643. The van der Waals surface area contributed by atoms with Gasteiger partial charge in [0.1, 0.15) is 5.82 Å². The Balaban J connectivity index is 3.19. The number of rotatable bonds is 2. The maximum absolute atomic E-state index is 13.0. The third-order valence-electron chi connectivity index (χ3n) is 2.29. The van der Waals surface area contributed by atoms with E-state index in [1.165, 1.54) is 5.56 Å². The third-order valence-corrected chi connectivity index (χ3v) is 2.29. The van der Waals surface area contributed by atoms with Gasteiger partial charge in [0.2, 0.25) is 0 Å². The van der Waals surface area contributed by atoms with Crippen LogP contribution in [-0.4, -0.2) is 0 Å². The van der Waals surface area contributed by atoms with Crippen molar-refractivity contribution < 1.29 is 4.39 Å². The molecule has 0 heterocycles. The average molecular weight is 180 g/mol. The van der Waals surface area contributed by atoms with Gasteiger partial charge in [0.25, 0.3) is 0 Å². The van der Waals surface area contributed by atoms with Crippen molar-refractivity contribution in [3.63, 3.8) is 0 Å². The molecular formula is C12H17F. The highest BCUT2D eigenvalue weighted by Crippen LogP contribution is 2.26. The predicted octanol–water partition coefficient (Wildman–Crippen LogP) is 4.07. The van der Waals surface area contributed by atoms with Gasteiger partial charge in [0, 0.05) is 0 Å². The van der Waals surface area contributed by atoms with Crippen LogP contribution in [0.5, 0.6) is 0 Å². The summed E-state index contributed by atoms with van der Waals surface area (Å²) >= 11 is 0. The van der Waals surface area contributed by atoms with E-state index in [0.717, 1.165) is 5.56 Å². The van der Waals surface area contributed by atoms with Gasteiger partial charge in [-0.1, -0.05) is 33.8 Å². The summed E-state index contributed by atoms with van der Waals surface area (Å²) in [6, 6.07) is 5.09. The Morgan fingerprint density at radius 3 is 1.92 bits per heavy atom. The summed E-state index contributed by atoms with van der Waals surface area (Å²) in [4.78, 5) is 0. The van der Waals surface area contributed by atoms with E-state index in [9.17, 15) is 4.39 Å². The van der Waals surface area contributed by atoms with Gasteiger partial charge in [0.15, 0.2) is 0 Å². The van der Waals surface area contributed by atoms with Crippen molar-refractivity contribution in [2.75, 3.05) is 0 Å². The first kappa shape index (κ1) is 10.2. The lowest BCUT2D eigenvalue weighted by Crippen LogP contribution is -1.99. The van der Waals surface area contributed by atoms with Crippen molar-refractivity contribution in [2.24, 2.45) is 0 Å². The summed E-state index contributed by atoms with van der Waals surface area (Å²) in [5, 5.41) is 0. The van der Waals surface area contributed by atoms with Crippen LogP contribution < -0.4 is 0 Å². The van der Waals surface area contributed by atoms with Gasteiger partial charge in [-0.15, -0.1) is 0 Å². The fourth-order valence-electron chi connectivity index (χ4n) is 1.57. The van der Waals surface area contributed by atoms with E-state index < -0.39 is 0 Å². The van der Waals surface area contributed by atoms with Crippen LogP contribution in [0.1, 0.15) is 50.7 Å². The Morgan fingerprint density at radius 2 is 1.46 bits per heavy atom. The monoisotopic (exact) mass is 180 g/mol. The summed E-state index contributed by atoms with van der Waals surface area (Å²) < 4.78 is 13.0. The molecule has 1 heteroatoms. The Labute approximate surface area is 79.8 Å². The molecule has 13 heavy (non-hydrogen) atoms. The van der Waals surface area contributed by atoms with E-state index in [4.69, 9.17) is 0 Å². The minimum absolute atomic E-state index is 0.131. The second-order valence-corrected chi connectivity index (χ2v) is 4.08. The smallest absolute Gasteiger partial charge is 0.123 e. The first-order valence-corrected chi connectivity index (χ1v) is 4.81. The molecule has 0 N–H and O–H groups in total. The first-order chi connectivity index (χ1) is 6.02. The molecule has 0 unspecified atom stereocenters. The number of hydrogen-bond donors (Lipinski definition) is 0. The highest BCUT2D eigenvalue weighted by atomic mass is 19.1. The molecule has 0 fully saturated rings. The molecule has 0 spiro atoms. The Hall–Kier alpha value is -0.850. The minimum atomic E-state index is -0.131. The Morgan fingerprint density at radius 1 is 0.923 bits per heavy atom. The summed E-state index contributed by atoms with van der Waals surface area (Å²) in [7, 11) is 0. The van der Waals surface area contributed by atoms with Crippen LogP contribution in [0.4, 0.5) is 4.39 Å². The molecule has 0 saturated heterocycles. The molecule has 0 amide bonds. The zero-order valence-electron chi connectivity index (χ0n) is 8.76. The van der Waals surface area contributed by atoms with Crippen LogP contribution in [0.2, 0.25) is 0 Å². The second kappa shape index (κ2) is 3.91. The van der Waals surface area contributed by atoms with Gasteiger partial charge < -0.3 is 0 Å². The van der Waals surface area contributed by atoms with E-state index in [1.807, 2.05) is 6.07 Å². The summed E-state index contributed by atoms with van der Waals surface area (Å²) in [6.45, 7) is 8.47. The number of benzene rings is 1. The largest absolute Gasteiger partial charge is 0.207 e. The van der Waals surface area contributed by atoms with Gasteiger partial charge in [-0.3, -0.25) is 0 Å². The lowest BCUT2D eigenvalue weighted by Gasteiger charge is -2.15. The van der Waals surface area contributed by atoms with Gasteiger partial charge in [0.05, 0.1) is 0 Å². The van der Waals surface area contributed by atoms with Crippen LogP contribution in [-0.2, 0) is 0 Å². The molecule has 0 aromatic heterocycles. The molecule has 0 atom stereocenters. The normalized spacial score (nSPS) is 11.3. The van der Waals surface area contributed by atoms with Crippen LogP contribution in [0.3, 0.4) is 0 Å². The fourth-order valence-corrected chi connectivity index (χ4v) is 1.57. The second-order valence-electron chi connectivity index (χ2n) is 4.08. The molecule has 0 nitrogen and oxygen atoms in total. The highest BCUT2D eigenvalue weighted by Gasteiger charge is 2.10. The zero-order chi connectivity index (χ0) is 10.0. The molecule has 0 bridgehead atoms. The molecule has 0 radical (unpaired) electrons. The third kappa shape index (κ3) is 2.30. The van der Waals surface area contributed by atoms with E-state index in [0.29, 0.717) is 11.8 Å². The van der Waals surface area contributed by atoms with Crippen molar-refractivity contribution in [3.8, 4) is 0 Å². The highest BCUT2D eigenvalue weighted by molar-refractivity contribution is 5.32. The number of halogens is 1. The topological polar surface area (TPSA) is 0 Å². The van der Waals surface area contributed by atoms with E-state index in [-0.39, 0.29) is 5.82 Å². The van der Waals surface area contributed by atoms with Gasteiger partial charge >= 0.3 is 0 Å². The molecule has 0 aliphatic carbocycles. The molecule has 1 aromatic carbocycles. The maximum Gasteiger partial charge on any atom is 0.123 e. The Kier molecular flexibility index (Phi) is 3.07. The van der Waals surface area contributed by atoms with Crippen molar-refractivity contribution in [1.82, 2.24) is 0 Å². The molecule has 0 aliphatic rings. The van der Waals surface area contributed by atoms with E-state index in [1.54, 1.807) is 12.1 Å². The molecule has 1 rings (SSSR count). The van der Waals surface area contributed by atoms with Gasteiger partial charge in [-0.25, -0.2) is 4.39 Å². The lowest BCUT2D eigenvalue weighted by atomic mass is 9.91. The maximum atomic E-state index is 13.0. The summed E-state index contributed by atoms with van der Waals surface area (Å²) in [5.74, 6) is 0.735. The minimum Gasteiger partial charge on any atom is -0.207 e. The molecule has 0 saturated carbocycles. The summed E-state index contributed by atoms with van der Waals surface area (Å²) in [6.07, 6.45) is 0. The molecule has 72 valence electrons. The fraction of sp³-hybridized carbons (Fsp3) is 0.500. The standard InChI is InChI=1S/C12H17F/c1-8(2)11-6-5-10(13)7-12(11)9(3)4/h5-9H,1-4H3. The van der Waals surface area contributed by atoms with E-state index in [2.05, 4.69) is 27.7 Å². The molecule has 1 aromatic rings. The molecular weight excluding hydrogens is 163 g/mol. The Bertz CT molecular complexity index is 287. The van der Waals surface area contributed by atoms with Crippen LogP contribution in [0.25, 0.3) is 0 Å². The van der Waals surface area contributed by atoms with Crippen molar-refractivity contribution in [2.45, 2.75) is 39.5 Å². The van der Waals surface area contributed by atoms with E-state index >= 15 is 0 Å². The van der Waals surface area contributed by atoms with Gasteiger partial charge in [-0.2, -0.15) is 0 Å². The SMILES string of the molecule is CC(C)c1ccc(F)cc1C(C)C. The predicted molar refractivity (Wildman–Crippen MR) is 54.6 cm³/mol. The van der Waals surface area contributed by atoms with Crippen molar-refractivity contribution in [1.29, 1.82) is 0 Å². The van der Waals surface area contributed by atoms with Crippen LogP contribution in [0.15, 0.2) is 18.2 Å². The van der Waals surface area contributed by atoms with Crippen molar-refractivity contribution in [3.05, 3.63) is 35.1 Å². The zero-order valence-corrected chi connectivity index (χ0v) is 8.76. The first-order valence-electron chi connectivity index (χ1n) is 4.81. The van der Waals surface area contributed by atoms with Crippen LogP contribution >= 0.6 is 0 Å². The van der Waals surface area contributed by atoms with Gasteiger partial charge in [-0.05, 0) is 35.1 Å².